The van der Waals surface area contributed by atoms with Gasteiger partial charge in [0.25, 0.3) is 5.91 Å². The number of hydrogen-bond acceptors (Lipinski definition) is 4. The lowest BCUT2D eigenvalue weighted by Crippen LogP contribution is -2.19. The first kappa shape index (κ1) is 15.8. The van der Waals surface area contributed by atoms with Crippen LogP contribution in [0.3, 0.4) is 0 Å². The third-order valence-electron chi connectivity index (χ3n) is 3.11. The van der Waals surface area contributed by atoms with Crippen LogP contribution in [0.1, 0.15) is 5.56 Å². The van der Waals surface area contributed by atoms with Crippen LogP contribution in [0.2, 0.25) is 0 Å². The molecule has 1 N–H and O–H groups in total. The van der Waals surface area contributed by atoms with Crippen LogP contribution in [-0.4, -0.2) is 18.2 Å². The normalized spacial score (nSPS) is 17.6. The van der Waals surface area contributed by atoms with Crippen molar-refractivity contribution in [3.63, 3.8) is 0 Å². The Bertz CT molecular complexity index is 803. The number of halogens is 1. The summed E-state index contributed by atoms with van der Waals surface area (Å²) in [5.74, 6) is 0.610. The summed E-state index contributed by atoms with van der Waals surface area (Å²) < 4.78 is 6.05. The summed E-state index contributed by atoms with van der Waals surface area (Å²) in [6.45, 7) is 0. The minimum atomic E-state index is -0.142. The number of nitrogens with one attached hydrogen (secondary N) is 1. The fraction of sp³-hybridized carbons (Fsp3) is 0.0588. The van der Waals surface area contributed by atoms with Gasteiger partial charge in [0.2, 0.25) is 0 Å². The Morgan fingerprint density at radius 2 is 2.00 bits per heavy atom. The number of carbonyl (C=O) groups is 1. The van der Waals surface area contributed by atoms with Gasteiger partial charge in [-0.3, -0.25) is 4.79 Å². The molecule has 1 fully saturated rings. The van der Waals surface area contributed by atoms with Crippen LogP contribution in [0, 0.1) is 0 Å². The molecule has 1 aliphatic heterocycles. The molecule has 1 heterocycles. The van der Waals surface area contributed by atoms with Crippen molar-refractivity contribution in [1.29, 1.82) is 0 Å². The molecule has 3 rings (SSSR count). The molecule has 0 saturated carbocycles. The van der Waals surface area contributed by atoms with Crippen LogP contribution < -0.4 is 10.1 Å². The van der Waals surface area contributed by atoms with Crippen LogP contribution in [0.25, 0.3) is 6.08 Å². The maximum absolute atomic E-state index is 12.1. The third-order valence-corrected chi connectivity index (χ3v) is 4.64. The van der Waals surface area contributed by atoms with Gasteiger partial charge in [-0.1, -0.05) is 24.3 Å². The van der Waals surface area contributed by atoms with Gasteiger partial charge in [-0.15, -0.1) is 0 Å². The molecule has 23 heavy (non-hydrogen) atoms. The molecule has 0 atom stereocenters. The largest absolute Gasteiger partial charge is 0.496 e. The fourth-order valence-corrected chi connectivity index (χ4v) is 3.42. The van der Waals surface area contributed by atoms with E-state index < -0.39 is 0 Å². The molecule has 116 valence electrons. The summed E-state index contributed by atoms with van der Waals surface area (Å²) in [5.41, 5.74) is 1.72. The number of hydrogen-bond donors (Lipinski definition) is 1. The monoisotopic (exact) mass is 388 g/mol. The Morgan fingerprint density at radius 1 is 1.22 bits per heavy atom. The number of amides is 1. The number of carbonyl (C=O) groups excluding carboxylic acids is 1. The maximum atomic E-state index is 12.1. The van der Waals surface area contributed by atoms with E-state index in [-0.39, 0.29) is 5.91 Å². The number of methoxy groups -OCH3 is 1. The van der Waals surface area contributed by atoms with E-state index in [4.69, 9.17) is 4.74 Å². The highest BCUT2D eigenvalue weighted by molar-refractivity contribution is 9.10. The topological polar surface area (TPSA) is 50.7 Å². The molecule has 1 amide bonds. The number of ether oxygens (including phenoxy) is 1. The maximum Gasteiger partial charge on any atom is 0.264 e. The zero-order valence-electron chi connectivity index (χ0n) is 12.2. The summed E-state index contributed by atoms with van der Waals surface area (Å²) in [5, 5.41) is 3.36. The van der Waals surface area contributed by atoms with Crippen molar-refractivity contribution >= 4 is 50.5 Å². The first-order valence-electron chi connectivity index (χ1n) is 6.84. The summed E-state index contributed by atoms with van der Waals surface area (Å²) in [6.07, 6.45) is 1.83. The van der Waals surface area contributed by atoms with Crippen molar-refractivity contribution in [3.05, 3.63) is 63.5 Å². The van der Waals surface area contributed by atoms with E-state index in [1.54, 1.807) is 7.11 Å². The third kappa shape index (κ3) is 3.83. The van der Waals surface area contributed by atoms with E-state index in [2.05, 4.69) is 26.2 Å². The van der Waals surface area contributed by atoms with E-state index in [9.17, 15) is 4.79 Å². The van der Waals surface area contributed by atoms with Crippen LogP contribution in [0.5, 0.6) is 5.75 Å². The quantitative estimate of drug-likeness (QED) is 0.795. The highest BCUT2D eigenvalue weighted by Crippen LogP contribution is 2.30. The molecule has 0 spiro atoms. The van der Waals surface area contributed by atoms with Gasteiger partial charge in [0.05, 0.1) is 22.2 Å². The molecule has 0 bridgehead atoms. The number of benzene rings is 2. The van der Waals surface area contributed by atoms with Crippen molar-refractivity contribution in [2.45, 2.75) is 0 Å². The van der Waals surface area contributed by atoms with Crippen LogP contribution in [0.15, 0.2) is 62.9 Å². The second-order valence-electron chi connectivity index (χ2n) is 4.71. The Morgan fingerprint density at radius 3 is 2.70 bits per heavy atom. The fourth-order valence-electron chi connectivity index (χ4n) is 2.02. The van der Waals surface area contributed by atoms with Gasteiger partial charge >= 0.3 is 0 Å². The smallest absolute Gasteiger partial charge is 0.264 e. The van der Waals surface area contributed by atoms with Crippen molar-refractivity contribution in [3.8, 4) is 5.75 Å². The van der Waals surface area contributed by atoms with E-state index in [1.807, 2.05) is 54.6 Å². The number of para-hydroxylation sites is 1. The zero-order chi connectivity index (χ0) is 16.2. The Hall–Kier alpha value is -2.05. The predicted molar refractivity (Wildman–Crippen MR) is 97.9 cm³/mol. The minimum Gasteiger partial charge on any atom is -0.496 e. The van der Waals surface area contributed by atoms with Gasteiger partial charge in [-0.25, -0.2) is 4.99 Å². The molecular formula is C17H13BrN2O2S. The lowest BCUT2D eigenvalue weighted by atomic mass is 10.2. The van der Waals surface area contributed by atoms with Gasteiger partial charge < -0.3 is 10.1 Å². The van der Waals surface area contributed by atoms with Crippen molar-refractivity contribution in [2.75, 3.05) is 7.11 Å². The number of nitrogens with zero attached hydrogens (tertiary/aromatic N) is 1. The van der Waals surface area contributed by atoms with Crippen LogP contribution >= 0.6 is 27.7 Å². The van der Waals surface area contributed by atoms with Gasteiger partial charge in [0.1, 0.15) is 5.75 Å². The Balaban J connectivity index is 1.83. The number of rotatable bonds is 3. The lowest BCUT2D eigenvalue weighted by molar-refractivity contribution is -0.115. The summed E-state index contributed by atoms with van der Waals surface area (Å²) in [4.78, 5) is 17.1. The van der Waals surface area contributed by atoms with E-state index in [0.29, 0.717) is 10.1 Å². The molecule has 0 aromatic heterocycles. The first-order valence-corrected chi connectivity index (χ1v) is 8.45. The summed E-state index contributed by atoms with van der Waals surface area (Å²) in [7, 11) is 1.62. The van der Waals surface area contributed by atoms with Crippen molar-refractivity contribution in [2.24, 2.45) is 4.99 Å². The van der Waals surface area contributed by atoms with E-state index in [1.165, 1.54) is 11.8 Å². The van der Waals surface area contributed by atoms with Gasteiger partial charge in [-0.2, -0.15) is 0 Å². The highest BCUT2D eigenvalue weighted by atomic mass is 79.9. The number of thioether (sulfide) groups is 1. The summed E-state index contributed by atoms with van der Waals surface area (Å²) in [6, 6.07) is 15.2. The molecule has 6 heteroatoms. The second-order valence-corrected chi connectivity index (χ2v) is 6.60. The van der Waals surface area contributed by atoms with Crippen molar-refractivity contribution in [1.82, 2.24) is 5.32 Å². The average molecular weight is 389 g/mol. The SMILES string of the molecule is COc1ccc(C=C2SC(=Nc3ccccc3)NC2=O)cc1Br. The first-order chi connectivity index (χ1) is 11.2. The molecule has 0 radical (unpaired) electrons. The molecule has 1 saturated heterocycles. The average Bonchev–Trinajstić information content (AvgIpc) is 2.88. The van der Waals surface area contributed by atoms with E-state index >= 15 is 0 Å². The highest BCUT2D eigenvalue weighted by Gasteiger charge is 2.23. The lowest BCUT2D eigenvalue weighted by Gasteiger charge is -2.03. The number of amidine groups is 1. The second kappa shape index (κ2) is 7.02. The molecule has 0 unspecified atom stereocenters. The molecule has 1 aliphatic rings. The molecule has 2 aromatic rings. The standard InChI is InChI=1S/C17H13BrN2O2S/c1-22-14-8-7-11(9-13(14)18)10-15-16(21)20-17(23-15)19-12-5-3-2-4-6-12/h2-10H,1H3,(H,19,20,21). The molecule has 2 aromatic carbocycles. The minimum absolute atomic E-state index is 0.142. The van der Waals surface area contributed by atoms with Crippen molar-refractivity contribution < 1.29 is 9.53 Å². The Labute approximate surface area is 146 Å². The van der Waals surface area contributed by atoms with Gasteiger partial charge in [0, 0.05) is 0 Å². The van der Waals surface area contributed by atoms with E-state index in [0.717, 1.165) is 21.5 Å². The van der Waals surface area contributed by atoms with Crippen LogP contribution in [0.4, 0.5) is 5.69 Å². The number of aliphatic imine (C=N–C) groups is 1. The zero-order valence-corrected chi connectivity index (χ0v) is 14.6. The Kier molecular flexibility index (Phi) is 4.83. The van der Waals surface area contributed by atoms with Gasteiger partial charge in [0.15, 0.2) is 5.17 Å². The van der Waals surface area contributed by atoms with Gasteiger partial charge in [-0.05, 0) is 63.6 Å². The molecule has 0 aliphatic carbocycles. The molecular weight excluding hydrogens is 376 g/mol. The molecule has 4 nitrogen and oxygen atoms in total. The predicted octanol–water partition coefficient (Wildman–Crippen LogP) is 4.35. The van der Waals surface area contributed by atoms with Crippen LogP contribution in [-0.2, 0) is 4.79 Å². The summed E-state index contributed by atoms with van der Waals surface area (Å²) >= 11 is 4.77.